The number of carbonyl (C=O) groups is 1. The van der Waals surface area contributed by atoms with Crippen molar-refractivity contribution in [2.75, 3.05) is 12.4 Å². The van der Waals surface area contributed by atoms with Crippen molar-refractivity contribution in [2.24, 2.45) is 0 Å². The molecule has 0 aliphatic heterocycles. The maximum Gasteiger partial charge on any atom is 0.335 e. The molecule has 2 rings (SSSR count). The molecule has 0 aliphatic carbocycles. The minimum atomic E-state index is -0.926. The summed E-state index contributed by atoms with van der Waals surface area (Å²) in [4.78, 5) is 10.9. The van der Waals surface area contributed by atoms with Gasteiger partial charge in [-0.2, -0.15) is 0 Å². The molecule has 0 aromatic heterocycles. The summed E-state index contributed by atoms with van der Waals surface area (Å²) in [6.45, 7) is 4.50. The number of rotatable bonds is 7. The molecule has 0 spiro atoms. The smallest absolute Gasteiger partial charge is 0.335 e. The van der Waals surface area contributed by atoms with Crippen molar-refractivity contribution in [1.29, 1.82) is 0 Å². The summed E-state index contributed by atoms with van der Waals surface area (Å²) < 4.78 is 11.0. The van der Waals surface area contributed by atoms with E-state index in [4.69, 9.17) is 14.6 Å². The van der Waals surface area contributed by atoms with E-state index in [2.05, 4.69) is 5.32 Å². The lowest BCUT2D eigenvalue weighted by Gasteiger charge is -2.16. The first kappa shape index (κ1) is 16.7. The van der Waals surface area contributed by atoms with Crippen LogP contribution >= 0.6 is 0 Å². The second-order valence-electron chi connectivity index (χ2n) is 5.38. The van der Waals surface area contributed by atoms with Crippen LogP contribution in [0.25, 0.3) is 0 Å². The van der Waals surface area contributed by atoms with Gasteiger partial charge in [-0.15, -0.1) is 0 Å². The SMILES string of the molecule is COc1ccc(OC(C)C)c(NCc2ccc(C(=O)O)cc2)c1. The molecule has 0 radical (unpaired) electrons. The van der Waals surface area contributed by atoms with Crippen LogP contribution in [0.4, 0.5) is 5.69 Å². The van der Waals surface area contributed by atoms with Crippen molar-refractivity contribution in [3.63, 3.8) is 0 Å². The maximum absolute atomic E-state index is 10.9. The van der Waals surface area contributed by atoms with Gasteiger partial charge in [-0.25, -0.2) is 4.79 Å². The topological polar surface area (TPSA) is 67.8 Å². The van der Waals surface area contributed by atoms with Crippen molar-refractivity contribution in [3.05, 3.63) is 53.6 Å². The predicted octanol–water partition coefficient (Wildman–Crippen LogP) is 3.79. The van der Waals surface area contributed by atoms with Gasteiger partial charge in [0.15, 0.2) is 0 Å². The Morgan fingerprint density at radius 3 is 2.43 bits per heavy atom. The highest BCUT2D eigenvalue weighted by Crippen LogP contribution is 2.30. The molecule has 0 aliphatic rings. The molecule has 0 saturated carbocycles. The zero-order chi connectivity index (χ0) is 16.8. The number of ether oxygens (including phenoxy) is 2. The van der Waals surface area contributed by atoms with Crippen LogP contribution in [0.3, 0.4) is 0 Å². The Bertz CT molecular complexity index is 665. The number of methoxy groups -OCH3 is 1. The molecule has 2 N–H and O–H groups in total. The Morgan fingerprint density at radius 2 is 1.87 bits per heavy atom. The van der Waals surface area contributed by atoms with E-state index < -0.39 is 5.97 Å². The van der Waals surface area contributed by atoms with E-state index in [1.807, 2.05) is 32.0 Å². The van der Waals surface area contributed by atoms with E-state index >= 15 is 0 Å². The Morgan fingerprint density at radius 1 is 1.17 bits per heavy atom. The predicted molar refractivity (Wildman–Crippen MR) is 89.5 cm³/mol. The van der Waals surface area contributed by atoms with Gasteiger partial charge in [0.05, 0.1) is 24.5 Å². The third kappa shape index (κ3) is 4.64. The molecule has 5 heteroatoms. The van der Waals surface area contributed by atoms with Crippen LogP contribution in [0, 0.1) is 0 Å². The summed E-state index contributed by atoms with van der Waals surface area (Å²) in [6, 6.07) is 12.4. The molecule has 0 heterocycles. The molecule has 122 valence electrons. The van der Waals surface area contributed by atoms with Crippen LogP contribution in [0.15, 0.2) is 42.5 Å². The van der Waals surface area contributed by atoms with Crippen LogP contribution in [0.2, 0.25) is 0 Å². The van der Waals surface area contributed by atoms with E-state index in [1.54, 1.807) is 31.4 Å². The summed E-state index contributed by atoms with van der Waals surface area (Å²) >= 11 is 0. The Balaban J connectivity index is 2.13. The molecule has 0 unspecified atom stereocenters. The Kier molecular flexibility index (Phi) is 5.46. The average Bonchev–Trinajstić information content (AvgIpc) is 2.53. The number of carboxylic acid groups (broad SMARTS) is 1. The largest absolute Gasteiger partial charge is 0.497 e. The first-order valence-electron chi connectivity index (χ1n) is 7.40. The monoisotopic (exact) mass is 315 g/mol. The fraction of sp³-hybridized carbons (Fsp3) is 0.278. The molecular weight excluding hydrogens is 294 g/mol. The van der Waals surface area contributed by atoms with Crippen molar-refractivity contribution in [2.45, 2.75) is 26.5 Å². The molecule has 5 nitrogen and oxygen atoms in total. The third-order valence-corrected chi connectivity index (χ3v) is 3.23. The molecular formula is C18H21NO4. The van der Waals surface area contributed by atoms with E-state index in [-0.39, 0.29) is 11.7 Å². The zero-order valence-corrected chi connectivity index (χ0v) is 13.5. The highest BCUT2D eigenvalue weighted by atomic mass is 16.5. The van der Waals surface area contributed by atoms with Crippen LogP contribution in [0.5, 0.6) is 11.5 Å². The van der Waals surface area contributed by atoms with Crippen molar-refractivity contribution < 1.29 is 19.4 Å². The molecule has 0 atom stereocenters. The lowest BCUT2D eigenvalue weighted by Crippen LogP contribution is -2.09. The number of hydrogen-bond acceptors (Lipinski definition) is 4. The lowest BCUT2D eigenvalue weighted by molar-refractivity contribution is 0.0697. The van der Waals surface area contributed by atoms with Gasteiger partial charge in [0.1, 0.15) is 11.5 Å². The van der Waals surface area contributed by atoms with Crippen molar-refractivity contribution in [1.82, 2.24) is 0 Å². The highest BCUT2D eigenvalue weighted by Gasteiger charge is 2.08. The molecule has 0 bridgehead atoms. The maximum atomic E-state index is 10.9. The number of carboxylic acids is 1. The summed E-state index contributed by atoms with van der Waals surface area (Å²) in [5.41, 5.74) is 2.09. The van der Waals surface area contributed by atoms with Crippen LogP contribution in [-0.2, 0) is 6.54 Å². The lowest BCUT2D eigenvalue weighted by atomic mass is 10.1. The van der Waals surface area contributed by atoms with Gasteiger partial charge in [0, 0.05) is 12.6 Å². The van der Waals surface area contributed by atoms with E-state index in [0.29, 0.717) is 6.54 Å². The first-order valence-corrected chi connectivity index (χ1v) is 7.40. The average molecular weight is 315 g/mol. The van der Waals surface area contributed by atoms with Crippen LogP contribution in [0.1, 0.15) is 29.8 Å². The molecule has 2 aromatic rings. The summed E-state index contributed by atoms with van der Waals surface area (Å²) in [5.74, 6) is 0.567. The van der Waals surface area contributed by atoms with Gasteiger partial charge >= 0.3 is 5.97 Å². The third-order valence-electron chi connectivity index (χ3n) is 3.23. The van der Waals surface area contributed by atoms with Gasteiger partial charge in [0.25, 0.3) is 0 Å². The summed E-state index contributed by atoms with van der Waals surface area (Å²) in [5, 5.41) is 12.2. The number of anilines is 1. The Hall–Kier alpha value is -2.69. The first-order chi connectivity index (χ1) is 11.0. The fourth-order valence-corrected chi connectivity index (χ4v) is 2.09. The number of aromatic carboxylic acids is 1. The molecule has 0 amide bonds. The Labute approximate surface area is 135 Å². The van der Waals surface area contributed by atoms with Gasteiger partial charge in [-0.05, 0) is 43.7 Å². The van der Waals surface area contributed by atoms with E-state index in [9.17, 15) is 4.79 Å². The number of benzene rings is 2. The fourth-order valence-electron chi connectivity index (χ4n) is 2.09. The normalized spacial score (nSPS) is 10.4. The molecule has 2 aromatic carbocycles. The quantitative estimate of drug-likeness (QED) is 0.813. The minimum absolute atomic E-state index is 0.0683. The van der Waals surface area contributed by atoms with E-state index in [0.717, 1.165) is 22.7 Å². The highest BCUT2D eigenvalue weighted by molar-refractivity contribution is 5.87. The summed E-state index contributed by atoms with van der Waals surface area (Å²) in [7, 11) is 1.62. The van der Waals surface area contributed by atoms with Gasteiger partial charge < -0.3 is 19.9 Å². The molecule has 0 fully saturated rings. The van der Waals surface area contributed by atoms with Gasteiger partial charge in [-0.1, -0.05) is 12.1 Å². The van der Waals surface area contributed by atoms with Gasteiger partial charge in [-0.3, -0.25) is 0 Å². The zero-order valence-electron chi connectivity index (χ0n) is 13.5. The summed E-state index contributed by atoms with van der Waals surface area (Å²) in [6.07, 6.45) is 0.0683. The molecule has 0 saturated heterocycles. The van der Waals surface area contributed by atoms with Crippen molar-refractivity contribution in [3.8, 4) is 11.5 Å². The standard InChI is InChI=1S/C18H21NO4/c1-12(2)23-17-9-8-15(22-3)10-16(17)19-11-13-4-6-14(7-5-13)18(20)21/h4-10,12,19H,11H2,1-3H3,(H,20,21). The number of nitrogens with one attached hydrogen (secondary N) is 1. The number of hydrogen-bond donors (Lipinski definition) is 2. The molecule has 23 heavy (non-hydrogen) atoms. The second kappa shape index (κ2) is 7.54. The van der Waals surface area contributed by atoms with Crippen molar-refractivity contribution >= 4 is 11.7 Å². The van der Waals surface area contributed by atoms with Crippen LogP contribution < -0.4 is 14.8 Å². The van der Waals surface area contributed by atoms with E-state index in [1.165, 1.54) is 0 Å². The second-order valence-corrected chi connectivity index (χ2v) is 5.38. The van der Waals surface area contributed by atoms with Crippen LogP contribution in [-0.4, -0.2) is 24.3 Å². The minimum Gasteiger partial charge on any atom is -0.497 e. The van der Waals surface area contributed by atoms with Gasteiger partial charge in [0.2, 0.25) is 0 Å².